The van der Waals surface area contributed by atoms with Crippen LogP contribution in [-0.2, 0) is 13.1 Å². The van der Waals surface area contributed by atoms with Gasteiger partial charge in [-0.05, 0) is 6.07 Å². The van der Waals surface area contributed by atoms with E-state index in [1.165, 1.54) is 18.5 Å². The smallest absolute Gasteiger partial charge is 0.165 e. The van der Waals surface area contributed by atoms with Gasteiger partial charge in [0.2, 0.25) is 0 Å². The number of rotatable bonds is 2. The first-order valence-corrected chi connectivity index (χ1v) is 6.60. The molecule has 2 heterocycles. The number of halogens is 1. The molecule has 0 saturated heterocycles. The Morgan fingerprint density at radius 2 is 2.14 bits per heavy atom. The zero-order valence-electron chi connectivity index (χ0n) is 11.3. The Hall–Kier alpha value is -2.52. The van der Waals surface area contributed by atoms with E-state index in [9.17, 15) is 4.39 Å². The van der Waals surface area contributed by atoms with E-state index < -0.39 is 0 Å². The summed E-state index contributed by atoms with van der Waals surface area (Å²) in [6, 6.07) is 6.93. The third-order valence-corrected chi connectivity index (χ3v) is 3.30. The van der Waals surface area contributed by atoms with Gasteiger partial charge in [-0.25, -0.2) is 14.4 Å². The summed E-state index contributed by atoms with van der Waals surface area (Å²) in [5, 5.41) is 8.73. The van der Waals surface area contributed by atoms with Crippen molar-refractivity contribution in [1.82, 2.24) is 14.9 Å². The molecule has 1 aliphatic rings. The summed E-state index contributed by atoms with van der Waals surface area (Å²) in [5.74, 6) is 0.638. The minimum Gasteiger partial charge on any atom is -0.489 e. The predicted molar refractivity (Wildman–Crippen MR) is 72.8 cm³/mol. The van der Waals surface area contributed by atoms with Crippen LogP contribution < -0.4 is 4.74 Å². The number of hydrogen-bond acceptors (Lipinski definition) is 5. The van der Waals surface area contributed by atoms with Gasteiger partial charge in [0.1, 0.15) is 18.5 Å². The van der Waals surface area contributed by atoms with E-state index in [4.69, 9.17) is 10.00 Å². The van der Waals surface area contributed by atoms with Crippen molar-refractivity contribution < 1.29 is 9.13 Å². The molecular weight excluding hydrogens is 271 g/mol. The van der Waals surface area contributed by atoms with Crippen molar-refractivity contribution >= 4 is 0 Å². The summed E-state index contributed by atoms with van der Waals surface area (Å²) in [5.41, 5.74) is 1.26. The molecule has 0 bridgehead atoms. The van der Waals surface area contributed by atoms with Crippen LogP contribution in [-0.4, -0.2) is 28.0 Å². The second-order valence-corrected chi connectivity index (χ2v) is 4.79. The molecule has 0 atom stereocenters. The first kappa shape index (κ1) is 13.5. The summed E-state index contributed by atoms with van der Waals surface area (Å²) in [4.78, 5) is 10.4. The van der Waals surface area contributed by atoms with Crippen LogP contribution in [0.1, 0.15) is 17.0 Å². The highest BCUT2D eigenvalue weighted by Gasteiger charge is 2.18. The van der Waals surface area contributed by atoms with E-state index in [0.29, 0.717) is 43.4 Å². The highest BCUT2D eigenvalue weighted by atomic mass is 19.1. The van der Waals surface area contributed by atoms with Crippen LogP contribution in [0.4, 0.5) is 4.39 Å². The number of fused-ring (bicyclic) bond motifs is 1. The quantitative estimate of drug-likeness (QED) is 0.842. The fourth-order valence-corrected chi connectivity index (χ4v) is 2.27. The number of hydrogen-bond donors (Lipinski definition) is 0. The van der Waals surface area contributed by atoms with Gasteiger partial charge in [-0.1, -0.05) is 12.1 Å². The first-order valence-electron chi connectivity index (χ1n) is 6.60. The van der Waals surface area contributed by atoms with E-state index in [1.807, 2.05) is 12.1 Å². The van der Waals surface area contributed by atoms with Gasteiger partial charge in [0, 0.05) is 31.0 Å². The van der Waals surface area contributed by atoms with Crippen molar-refractivity contribution in [3.05, 3.63) is 53.4 Å². The van der Waals surface area contributed by atoms with Crippen molar-refractivity contribution in [3.63, 3.8) is 0 Å². The Kier molecular flexibility index (Phi) is 3.75. The lowest BCUT2D eigenvalue weighted by molar-refractivity contribution is 0.213. The fourth-order valence-electron chi connectivity index (χ4n) is 2.27. The summed E-state index contributed by atoms with van der Waals surface area (Å²) in [6.07, 6.45) is 3.01. The topological polar surface area (TPSA) is 62.0 Å². The van der Waals surface area contributed by atoms with Gasteiger partial charge >= 0.3 is 0 Å². The number of para-hydroxylation sites is 1. The highest BCUT2D eigenvalue weighted by molar-refractivity contribution is 5.35. The Balaban J connectivity index is 1.76. The number of ether oxygens (including phenoxy) is 1. The fraction of sp³-hybridized carbons (Fsp3) is 0.267. The van der Waals surface area contributed by atoms with Crippen molar-refractivity contribution in [2.24, 2.45) is 0 Å². The van der Waals surface area contributed by atoms with Crippen LogP contribution in [0.15, 0.2) is 30.6 Å². The molecule has 0 unspecified atom stereocenters. The molecule has 1 aromatic carbocycles. The molecule has 0 aliphatic carbocycles. The molecule has 106 valence electrons. The van der Waals surface area contributed by atoms with Crippen LogP contribution in [0, 0.1) is 17.1 Å². The number of benzene rings is 1. The van der Waals surface area contributed by atoms with Gasteiger partial charge in [0.05, 0.1) is 12.1 Å². The van der Waals surface area contributed by atoms with Crippen molar-refractivity contribution in [2.75, 3.05) is 13.2 Å². The van der Waals surface area contributed by atoms with Gasteiger partial charge < -0.3 is 4.74 Å². The molecule has 5 nitrogen and oxygen atoms in total. The van der Waals surface area contributed by atoms with Crippen LogP contribution in [0.5, 0.6) is 5.75 Å². The summed E-state index contributed by atoms with van der Waals surface area (Å²) >= 11 is 0. The summed E-state index contributed by atoms with van der Waals surface area (Å²) < 4.78 is 19.2. The maximum absolute atomic E-state index is 13.7. The average molecular weight is 284 g/mol. The Morgan fingerprint density at radius 3 is 2.90 bits per heavy atom. The number of nitriles is 1. The van der Waals surface area contributed by atoms with Gasteiger partial charge in [-0.3, -0.25) is 4.90 Å². The largest absolute Gasteiger partial charge is 0.489 e. The Morgan fingerprint density at radius 1 is 1.33 bits per heavy atom. The molecule has 0 N–H and O–H groups in total. The first-order chi connectivity index (χ1) is 10.3. The molecule has 0 saturated carbocycles. The lowest BCUT2D eigenvalue weighted by atomic mass is 10.2. The minimum atomic E-state index is -0.330. The van der Waals surface area contributed by atoms with Crippen LogP contribution in [0.3, 0.4) is 0 Å². The van der Waals surface area contributed by atoms with E-state index in [1.54, 1.807) is 6.07 Å². The molecule has 21 heavy (non-hydrogen) atoms. The molecule has 0 radical (unpaired) electrons. The van der Waals surface area contributed by atoms with Gasteiger partial charge in [-0.15, -0.1) is 0 Å². The van der Waals surface area contributed by atoms with Crippen LogP contribution >= 0.6 is 0 Å². The summed E-state index contributed by atoms with van der Waals surface area (Å²) in [6.45, 7) is 2.20. The van der Waals surface area contributed by atoms with E-state index in [-0.39, 0.29) is 5.82 Å². The van der Waals surface area contributed by atoms with Crippen molar-refractivity contribution in [1.29, 1.82) is 5.26 Å². The molecule has 1 aromatic heterocycles. The molecule has 6 heteroatoms. The van der Waals surface area contributed by atoms with E-state index in [0.717, 1.165) is 5.56 Å². The number of aromatic nitrogens is 2. The molecule has 2 aromatic rings. The lowest BCUT2D eigenvalue weighted by Crippen LogP contribution is -2.26. The monoisotopic (exact) mass is 284 g/mol. The number of nitrogens with zero attached hydrogens (tertiary/aromatic N) is 4. The SMILES string of the molecule is N#Cc1cnc(CN2CCOc3c(F)cccc3C2)nc1. The highest BCUT2D eigenvalue weighted by Crippen LogP contribution is 2.26. The zero-order chi connectivity index (χ0) is 14.7. The molecular formula is C15H13FN4O. The molecule has 0 spiro atoms. The second-order valence-electron chi connectivity index (χ2n) is 4.79. The molecule has 1 aliphatic heterocycles. The molecule has 0 fully saturated rings. The lowest BCUT2D eigenvalue weighted by Gasteiger charge is -2.18. The molecule has 3 rings (SSSR count). The normalized spacial score (nSPS) is 14.7. The third kappa shape index (κ3) is 2.98. The van der Waals surface area contributed by atoms with Gasteiger partial charge in [0.25, 0.3) is 0 Å². The van der Waals surface area contributed by atoms with Gasteiger partial charge in [-0.2, -0.15) is 5.26 Å². The molecule has 0 amide bonds. The maximum Gasteiger partial charge on any atom is 0.165 e. The zero-order valence-corrected chi connectivity index (χ0v) is 11.3. The predicted octanol–water partition coefficient (Wildman–Crippen LogP) is 1.88. The van der Waals surface area contributed by atoms with Crippen LogP contribution in [0.25, 0.3) is 0 Å². The minimum absolute atomic E-state index is 0.330. The average Bonchev–Trinajstić information content (AvgIpc) is 2.71. The third-order valence-electron chi connectivity index (χ3n) is 3.30. The van der Waals surface area contributed by atoms with Crippen molar-refractivity contribution in [3.8, 4) is 11.8 Å². The second kappa shape index (κ2) is 5.85. The maximum atomic E-state index is 13.7. The van der Waals surface area contributed by atoms with Crippen LogP contribution in [0.2, 0.25) is 0 Å². The Bertz CT molecular complexity index is 681. The Labute approximate surface area is 121 Å². The van der Waals surface area contributed by atoms with Crippen molar-refractivity contribution in [2.45, 2.75) is 13.1 Å². The van der Waals surface area contributed by atoms with E-state index >= 15 is 0 Å². The standard InChI is InChI=1S/C15H13FN4O/c16-13-3-1-2-12-9-20(4-5-21-15(12)13)10-14-18-7-11(6-17)8-19-14/h1-3,7-8H,4-5,9-10H2. The van der Waals surface area contributed by atoms with Gasteiger partial charge in [0.15, 0.2) is 11.6 Å². The summed E-state index contributed by atoms with van der Waals surface area (Å²) in [7, 11) is 0. The van der Waals surface area contributed by atoms with E-state index in [2.05, 4.69) is 14.9 Å².